The Balaban J connectivity index is 0.00000127. The Morgan fingerprint density at radius 3 is 0.612 bits per heavy atom. The molecule has 4 heterocycles. The maximum atomic E-state index is 11.0. The fraction of sp³-hybridized carbons (Fsp3) is 0.857. The van der Waals surface area contributed by atoms with Crippen LogP contribution in [0.15, 0.2) is 48.6 Å². The van der Waals surface area contributed by atoms with Crippen molar-refractivity contribution >= 4 is 23.9 Å². The van der Waals surface area contributed by atoms with Crippen LogP contribution in [0.2, 0.25) is 0 Å². The van der Waals surface area contributed by atoms with E-state index in [0.717, 1.165) is 77.0 Å². The van der Waals surface area contributed by atoms with Gasteiger partial charge in [-0.15, -0.1) is 0 Å². The van der Waals surface area contributed by atoms with Crippen LogP contribution in [-0.2, 0) is 57.1 Å². The van der Waals surface area contributed by atoms with E-state index in [1.54, 1.807) is 0 Å². The Morgan fingerprint density at radius 1 is 0.235 bits per heavy atom. The van der Waals surface area contributed by atoms with Crippen LogP contribution in [0.4, 0.5) is 0 Å². The Labute approximate surface area is 601 Å². The van der Waals surface area contributed by atoms with Crippen molar-refractivity contribution in [1.82, 2.24) is 0 Å². The number of rotatable bonds is 64. The monoisotopic (exact) mass is 1390 g/mol. The van der Waals surface area contributed by atoms with E-state index in [2.05, 4.69) is 95.3 Å². The number of hydrogen-bond donors (Lipinski definition) is 0. The first-order chi connectivity index (χ1) is 48.1. The van der Waals surface area contributed by atoms with E-state index in [1.165, 1.54) is 285 Å². The largest absolute Gasteiger partial charge is 0.469 e. The molecule has 14 heteroatoms. The van der Waals surface area contributed by atoms with Gasteiger partial charge < -0.3 is 37.9 Å². The predicted molar refractivity (Wildman–Crippen MR) is 407 cm³/mol. The van der Waals surface area contributed by atoms with Crippen molar-refractivity contribution in [1.29, 1.82) is 0 Å². The third-order valence-corrected chi connectivity index (χ3v) is 19.4. The summed E-state index contributed by atoms with van der Waals surface area (Å²) in [4.78, 5) is 57.8. The predicted octanol–water partition coefficient (Wildman–Crippen LogP) is 23.9. The average Bonchev–Trinajstić information content (AvgIpc) is 1.78. The number of ether oxygens (including phenoxy) is 8. The smallest absolute Gasteiger partial charge is 0.305 e. The minimum absolute atomic E-state index is 0.0685. The van der Waals surface area contributed by atoms with Crippen molar-refractivity contribution in [2.45, 2.75) is 436 Å². The molecule has 0 aromatic rings. The molecular formula is C84H152O14. The average molecular weight is 1390 g/mol. The molecule has 8 atom stereocenters. The molecule has 0 radical (unpaired) electrons. The lowest BCUT2D eigenvalue weighted by atomic mass is 10.0. The zero-order valence-corrected chi connectivity index (χ0v) is 64.6. The highest BCUT2D eigenvalue weighted by Gasteiger charge is 2.37. The number of unbranched alkanes of at least 4 members (excludes halogenated alkanes) is 38. The number of carbonyl (C=O) groups is 4. The van der Waals surface area contributed by atoms with Crippen molar-refractivity contribution in [2.75, 3.05) is 28.4 Å². The second-order valence-corrected chi connectivity index (χ2v) is 27.9. The maximum absolute atomic E-state index is 11.0. The lowest BCUT2D eigenvalue weighted by molar-refractivity contribution is -0.141. The van der Waals surface area contributed by atoms with Gasteiger partial charge in [0.1, 0.15) is 0 Å². The highest BCUT2D eigenvalue weighted by molar-refractivity contribution is 5.70. The van der Waals surface area contributed by atoms with Crippen molar-refractivity contribution in [3.05, 3.63) is 58.5 Å². The molecule has 4 saturated heterocycles. The molecule has 14 nitrogen and oxygen atoms in total. The van der Waals surface area contributed by atoms with Crippen molar-refractivity contribution in [3.8, 4) is 0 Å². The van der Waals surface area contributed by atoms with Gasteiger partial charge in [-0.1, -0.05) is 256 Å². The summed E-state index contributed by atoms with van der Waals surface area (Å²) in [5.41, 5.74) is 0. The third-order valence-electron chi connectivity index (χ3n) is 19.4. The first-order valence-electron chi connectivity index (χ1n) is 40.8. The van der Waals surface area contributed by atoms with Gasteiger partial charge in [0.15, 0.2) is 0 Å². The molecule has 0 aliphatic carbocycles. The molecule has 572 valence electrons. The van der Waals surface area contributed by atoms with E-state index in [9.17, 15) is 19.2 Å². The van der Waals surface area contributed by atoms with Crippen LogP contribution >= 0.6 is 0 Å². The molecule has 0 bridgehead atoms. The number of allylic oxidation sites excluding steroid dienone is 6. The molecule has 0 aromatic heterocycles. The van der Waals surface area contributed by atoms with Gasteiger partial charge in [-0.2, -0.15) is 0 Å². The SMILES string of the molecule is CCC1OC1C/C=C\CCCC/C=C\CCCCCCC(=O)OC.CCC1OC1C/C=C\CCCCCCCCCCCCC(=O)OC.CCC1OC1CCCCCCC/C=C\CCCCCCC(=O)OC.CCC1OC1CCCCCCCCCCCCCCCC(=O)OC.O=O. The van der Waals surface area contributed by atoms with Gasteiger partial charge in [-0.25, -0.2) is 0 Å². The van der Waals surface area contributed by atoms with E-state index in [1.807, 2.05) is 0 Å². The van der Waals surface area contributed by atoms with Gasteiger partial charge in [-0.3, -0.25) is 19.2 Å². The molecule has 0 aromatic carbocycles. The van der Waals surface area contributed by atoms with Crippen molar-refractivity contribution in [3.63, 3.8) is 0 Å². The van der Waals surface area contributed by atoms with Crippen LogP contribution in [0.25, 0.3) is 0 Å². The number of methoxy groups -OCH3 is 4. The van der Waals surface area contributed by atoms with E-state index in [4.69, 9.17) is 28.9 Å². The molecule has 8 unspecified atom stereocenters. The Bertz CT molecular complexity index is 1900. The molecule has 98 heavy (non-hydrogen) atoms. The molecule has 0 N–H and O–H groups in total. The molecule has 4 rings (SSSR count). The first kappa shape index (κ1) is 94.3. The van der Waals surface area contributed by atoms with Crippen molar-refractivity contribution in [2.24, 2.45) is 0 Å². The summed E-state index contributed by atoms with van der Waals surface area (Å²) < 4.78 is 40.7. The summed E-state index contributed by atoms with van der Waals surface area (Å²) in [7, 11) is 5.84. The van der Waals surface area contributed by atoms with Crippen molar-refractivity contribution < 1.29 is 57.1 Å². The maximum Gasteiger partial charge on any atom is 0.305 e. The lowest BCUT2D eigenvalue weighted by Crippen LogP contribution is -1.99. The van der Waals surface area contributed by atoms with Gasteiger partial charge >= 0.3 is 23.9 Å². The number of esters is 4. The quantitative estimate of drug-likeness (QED) is 0.0184. The van der Waals surface area contributed by atoms with Crippen LogP contribution < -0.4 is 0 Å². The summed E-state index contributed by atoms with van der Waals surface area (Å²) in [5, 5.41) is 0. The molecule has 4 fully saturated rings. The fourth-order valence-corrected chi connectivity index (χ4v) is 12.6. The first-order valence-corrected chi connectivity index (χ1v) is 40.8. The van der Waals surface area contributed by atoms with Crippen LogP contribution in [0, 0.1) is 9.93 Å². The van der Waals surface area contributed by atoms with Gasteiger partial charge in [0, 0.05) is 35.6 Å². The minimum Gasteiger partial charge on any atom is -0.469 e. The topological polar surface area (TPSA) is 189 Å². The second-order valence-electron chi connectivity index (χ2n) is 27.9. The van der Waals surface area contributed by atoms with E-state index in [0.29, 0.717) is 74.5 Å². The number of epoxide rings is 4. The summed E-state index contributed by atoms with van der Waals surface area (Å²) in [6, 6.07) is 0. The van der Waals surface area contributed by atoms with Gasteiger partial charge in [0.05, 0.1) is 77.3 Å². The minimum atomic E-state index is -0.0873. The molecule has 0 saturated carbocycles. The van der Waals surface area contributed by atoms with E-state index in [-0.39, 0.29) is 23.9 Å². The van der Waals surface area contributed by atoms with Gasteiger partial charge in [0.2, 0.25) is 0 Å². The molecule has 0 spiro atoms. The van der Waals surface area contributed by atoms with E-state index < -0.39 is 0 Å². The highest BCUT2D eigenvalue weighted by atomic mass is 16.7. The zero-order valence-electron chi connectivity index (χ0n) is 64.6. The lowest BCUT2D eigenvalue weighted by Gasteiger charge is -2.03. The van der Waals surface area contributed by atoms with Crippen LogP contribution in [0.5, 0.6) is 0 Å². The summed E-state index contributed by atoms with van der Waals surface area (Å²) in [5.74, 6) is -0.311. The Kier molecular flexibility index (Phi) is 70.3. The summed E-state index contributed by atoms with van der Waals surface area (Å²) in [6.07, 6.45) is 90.5. The van der Waals surface area contributed by atoms with Crippen LogP contribution in [-0.4, -0.2) is 101 Å². The molecule has 0 amide bonds. The Morgan fingerprint density at radius 2 is 0.408 bits per heavy atom. The van der Waals surface area contributed by atoms with Gasteiger partial charge in [0.25, 0.3) is 0 Å². The van der Waals surface area contributed by atoms with Crippen LogP contribution in [0.3, 0.4) is 0 Å². The van der Waals surface area contributed by atoms with Crippen LogP contribution in [0.1, 0.15) is 387 Å². The summed E-state index contributed by atoms with van der Waals surface area (Å²) in [6.45, 7) is 8.81. The molecule has 4 aliphatic rings. The zero-order chi connectivity index (χ0) is 71.8. The summed E-state index contributed by atoms with van der Waals surface area (Å²) >= 11 is 0. The molecule has 4 aliphatic heterocycles. The third kappa shape index (κ3) is 65.6. The number of carbonyl (C=O) groups excluding carboxylic acids is 4. The number of hydrogen-bond acceptors (Lipinski definition) is 14. The molecular weight excluding hydrogens is 1230 g/mol. The highest BCUT2D eigenvalue weighted by Crippen LogP contribution is 2.32. The normalized spacial score (nSPS) is 19.4. The van der Waals surface area contributed by atoms with E-state index >= 15 is 0 Å². The Hall–Kier alpha value is -3.72. The second kappa shape index (κ2) is 73.0. The standard InChI is InChI=1S/C21H40O3.2C21H38O3.C21H36O3.O2/c4*1-3-19-20(24-19)17-15-13-11-9-7-5-4-6-8-10-12-14-16-18-21(22)23-2;1-2/h19-20H,3-18H2,1-2H3;13,15,19-20H,3-12,14,16-18H2,1-2H3;4,6,19-20H,3,5,7-18H2,1-2H3;4,6,13,15,19-20H,3,5,7-12,14,16-18H2,1-2H3;/b;15-13-;6-4-;6-4-,15-13-;. The van der Waals surface area contributed by atoms with Gasteiger partial charge in [-0.05, 0) is 154 Å². The fourth-order valence-electron chi connectivity index (χ4n) is 12.6.